The first-order valence-electron chi connectivity index (χ1n) is 7.15. The maximum Gasteiger partial charge on any atom is 0.0577 e. The number of aromatic nitrogens is 1. The van der Waals surface area contributed by atoms with E-state index >= 15 is 0 Å². The molecule has 0 aliphatic heterocycles. The third-order valence-electron chi connectivity index (χ3n) is 3.43. The van der Waals surface area contributed by atoms with E-state index in [2.05, 4.69) is 70.4 Å². The van der Waals surface area contributed by atoms with Crippen molar-refractivity contribution in [1.82, 2.24) is 10.3 Å². The van der Waals surface area contributed by atoms with Crippen molar-refractivity contribution < 1.29 is 0 Å². The molecular formula is C17H21BrN2. The zero-order chi connectivity index (χ0) is 14.4. The predicted molar refractivity (Wildman–Crippen MR) is 87.9 cm³/mol. The van der Waals surface area contributed by atoms with Crippen LogP contribution in [0, 0.1) is 0 Å². The van der Waals surface area contributed by atoms with Gasteiger partial charge in [0.05, 0.1) is 11.7 Å². The van der Waals surface area contributed by atoms with E-state index in [0.717, 1.165) is 29.6 Å². The van der Waals surface area contributed by atoms with Crippen LogP contribution in [-0.4, -0.2) is 11.5 Å². The number of aryl methyl sites for hydroxylation is 1. The Balaban J connectivity index is 2.13. The molecule has 0 bridgehead atoms. The fraction of sp³-hybridized carbons (Fsp3) is 0.353. The SMILES string of the molecule is CCNC(Cc1ccc(CC)cc1)c1ccc(Br)cn1. The number of nitrogens with one attached hydrogen (secondary N) is 1. The van der Waals surface area contributed by atoms with Crippen molar-refractivity contribution in [2.45, 2.75) is 32.7 Å². The van der Waals surface area contributed by atoms with E-state index in [0.29, 0.717) is 0 Å². The van der Waals surface area contributed by atoms with Crippen molar-refractivity contribution in [2.75, 3.05) is 6.54 Å². The van der Waals surface area contributed by atoms with Gasteiger partial charge in [-0.25, -0.2) is 0 Å². The third kappa shape index (κ3) is 4.15. The molecule has 0 aliphatic rings. The monoisotopic (exact) mass is 332 g/mol. The van der Waals surface area contributed by atoms with E-state index in [1.54, 1.807) is 0 Å². The van der Waals surface area contributed by atoms with Gasteiger partial charge in [0, 0.05) is 10.7 Å². The van der Waals surface area contributed by atoms with E-state index in [4.69, 9.17) is 0 Å². The molecular weight excluding hydrogens is 312 g/mol. The average molecular weight is 333 g/mol. The number of hydrogen-bond acceptors (Lipinski definition) is 2. The minimum absolute atomic E-state index is 0.264. The summed E-state index contributed by atoms with van der Waals surface area (Å²) in [5.74, 6) is 0. The molecule has 0 fully saturated rings. The number of likely N-dealkylation sites (N-methyl/N-ethyl adjacent to an activating group) is 1. The summed E-state index contributed by atoms with van der Waals surface area (Å²) < 4.78 is 1.02. The second-order valence-corrected chi connectivity index (χ2v) is 5.80. The summed E-state index contributed by atoms with van der Waals surface area (Å²) in [7, 11) is 0. The van der Waals surface area contributed by atoms with E-state index in [-0.39, 0.29) is 6.04 Å². The highest BCUT2D eigenvalue weighted by Gasteiger charge is 2.12. The van der Waals surface area contributed by atoms with E-state index in [1.807, 2.05) is 12.3 Å². The number of benzene rings is 1. The lowest BCUT2D eigenvalue weighted by Crippen LogP contribution is -2.23. The lowest BCUT2D eigenvalue weighted by atomic mass is 10.0. The highest BCUT2D eigenvalue weighted by Crippen LogP contribution is 2.19. The number of hydrogen-bond donors (Lipinski definition) is 1. The highest BCUT2D eigenvalue weighted by atomic mass is 79.9. The first-order chi connectivity index (χ1) is 9.72. The molecule has 1 heterocycles. The number of pyridine rings is 1. The van der Waals surface area contributed by atoms with Crippen LogP contribution in [0.5, 0.6) is 0 Å². The Labute approximate surface area is 129 Å². The molecule has 0 radical (unpaired) electrons. The van der Waals surface area contributed by atoms with Crippen molar-refractivity contribution in [3.63, 3.8) is 0 Å². The van der Waals surface area contributed by atoms with Crippen LogP contribution < -0.4 is 5.32 Å². The molecule has 1 unspecified atom stereocenters. The molecule has 1 aromatic carbocycles. The lowest BCUT2D eigenvalue weighted by Gasteiger charge is -2.17. The first-order valence-corrected chi connectivity index (χ1v) is 7.94. The van der Waals surface area contributed by atoms with Gasteiger partial charge in [0.2, 0.25) is 0 Å². The molecule has 0 saturated heterocycles. The van der Waals surface area contributed by atoms with Gasteiger partial charge in [0.25, 0.3) is 0 Å². The molecule has 1 N–H and O–H groups in total. The standard InChI is InChI=1S/C17H21BrN2/c1-3-13-5-7-14(8-6-13)11-17(19-4-2)16-10-9-15(18)12-20-16/h5-10,12,17,19H,3-4,11H2,1-2H3. The minimum atomic E-state index is 0.264. The molecule has 0 amide bonds. The van der Waals surface area contributed by atoms with Crippen LogP contribution in [0.15, 0.2) is 47.1 Å². The lowest BCUT2D eigenvalue weighted by molar-refractivity contribution is 0.536. The van der Waals surface area contributed by atoms with Crippen LogP contribution in [0.3, 0.4) is 0 Å². The molecule has 0 saturated carbocycles. The molecule has 1 atom stereocenters. The molecule has 1 aromatic heterocycles. The summed E-state index contributed by atoms with van der Waals surface area (Å²) in [6.07, 6.45) is 3.91. The van der Waals surface area contributed by atoms with Gasteiger partial charge in [-0.1, -0.05) is 38.1 Å². The second kappa shape index (κ2) is 7.55. The van der Waals surface area contributed by atoms with Gasteiger partial charge >= 0.3 is 0 Å². The van der Waals surface area contributed by atoms with Crippen LogP contribution in [0.4, 0.5) is 0 Å². The Morgan fingerprint density at radius 2 is 1.75 bits per heavy atom. The molecule has 2 nitrogen and oxygen atoms in total. The van der Waals surface area contributed by atoms with Gasteiger partial charge in [-0.05, 0) is 58.6 Å². The Morgan fingerprint density at radius 1 is 1.05 bits per heavy atom. The Morgan fingerprint density at radius 3 is 2.30 bits per heavy atom. The highest BCUT2D eigenvalue weighted by molar-refractivity contribution is 9.10. The van der Waals surface area contributed by atoms with Crippen LogP contribution in [0.25, 0.3) is 0 Å². The average Bonchev–Trinajstić information content (AvgIpc) is 2.48. The molecule has 3 heteroatoms. The van der Waals surface area contributed by atoms with Gasteiger partial charge in [0.15, 0.2) is 0 Å². The Kier molecular flexibility index (Phi) is 5.74. The summed E-state index contributed by atoms with van der Waals surface area (Å²) in [6.45, 7) is 5.25. The van der Waals surface area contributed by atoms with Gasteiger partial charge in [0.1, 0.15) is 0 Å². The van der Waals surface area contributed by atoms with E-state index in [1.165, 1.54) is 11.1 Å². The van der Waals surface area contributed by atoms with Gasteiger partial charge in [-0.2, -0.15) is 0 Å². The molecule has 0 spiro atoms. The van der Waals surface area contributed by atoms with Crippen LogP contribution in [0.2, 0.25) is 0 Å². The van der Waals surface area contributed by atoms with Gasteiger partial charge < -0.3 is 5.32 Å². The fourth-order valence-electron chi connectivity index (χ4n) is 2.27. The third-order valence-corrected chi connectivity index (χ3v) is 3.90. The van der Waals surface area contributed by atoms with Gasteiger partial charge in [-0.15, -0.1) is 0 Å². The molecule has 106 valence electrons. The Hall–Kier alpha value is -1.19. The summed E-state index contributed by atoms with van der Waals surface area (Å²) in [6, 6.07) is 13.3. The van der Waals surface area contributed by atoms with Crippen LogP contribution in [-0.2, 0) is 12.8 Å². The molecule has 0 aliphatic carbocycles. The second-order valence-electron chi connectivity index (χ2n) is 4.89. The number of rotatable bonds is 6. The largest absolute Gasteiger partial charge is 0.309 e. The van der Waals surface area contributed by atoms with Crippen LogP contribution >= 0.6 is 15.9 Å². The van der Waals surface area contributed by atoms with Crippen molar-refractivity contribution in [3.05, 3.63) is 63.9 Å². The zero-order valence-electron chi connectivity index (χ0n) is 12.1. The minimum Gasteiger partial charge on any atom is -0.309 e. The topological polar surface area (TPSA) is 24.9 Å². The predicted octanol–water partition coefficient (Wildman–Crippen LogP) is 4.30. The molecule has 2 rings (SSSR count). The zero-order valence-corrected chi connectivity index (χ0v) is 13.7. The maximum atomic E-state index is 4.52. The normalized spacial score (nSPS) is 12.3. The van der Waals surface area contributed by atoms with E-state index < -0.39 is 0 Å². The summed E-state index contributed by atoms with van der Waals surface area (Å²) in [5, 5.41) is 3.52. The summed E-state index contributed by atoms with van der Waals surface area (Å²) in [4.78, 5) is 4.52. The molecule has 2 aromatic rings. The number of halogens is 1. The maximum absolute atomic E-state index is 4.52. The first kappa shape index (κ1) is 15.2. The smallest absolute Gasteiger partial charge is 0.0577 e. The van der Waals surface area contributed by atoms with Crippen molar-refractivity contribution in [2.24, 2.45) is 0 Å². The van der Waals surface area contributed by atoms with Crippen molar-refractivity contribution in [3.8, 4) is 0 Å². The molecule has 20 heavy (non-hydrogen) atoms. The summed E-state index contributed by atoms with van der Waals surface area (Å²) in [5.41, 5.74) is 3.82. The van der Waals surface area contributed by atoms with Crippen molar-refractivity contribution >= 4 is 15.9 Å². The van der Waals surface area contributed by atoms with Gasteiger partial charge in [-0.3, -0.25) is 4.98 Å². The quantitative estimate of drug-likeness (QED) is 0.853. The fourth-order valence-corrected chi connectivity index (χ4v) is 2.50. The number of nitrogens with zero attached hydrogens (tertiary/aromatic N) is 1. The van der Waals surface area contributed by atoms with Crippen molar-refractivity contribution in [1.29, 1.82) is 0 Å². The van der Waals surface area contributed by atoms with E-state index in [9.17, 15) is 0 Å². The van der Waals surface area contributed by atoms with Crippen LogP contribution in [0.1, 0.15) is 36.7 Å². The summed E-state index contributed by atoms with van der Waals surface area (Å²) >= 11 is 3.43. The Bertz CT molecular complexity index is 520.